The van der Waals surface area contributed by atoms with E-state index in [1.54, 1.807) is 0 Å². The SMILES string of the molecule is CC/C=C\C/C=C\C/C=C\C/C=C\C/C=C\C/C=C\C/C=C\C/C=C\C/C=C\C/C=C\CCCCCCCCCCC(=O)OC(CO)COC(=O)CCCCCCCC/C=C\C/C=C\C/C=C\C/C=C\C/C=C\C/C=C\C/C=C\C/C=C\C/C=C\C/C=C\CC. The fraction of sp³-hybridized carbons (Fsp3) is 0.506. The lowest BCUT2D eigenvalue weighted by atomic mass is 10.1. The summed E-state index contributed by atoms with van der Waals surface area (Å²) in [5.41, 5.74) is 0. The second kappa shape index (κ2) is 76.9. The van der Waals surface area contributed by atoms with Crippen molar-refractivity contribution in [1.82, 2.24) is 0 Å². The zero-order valence-electron chi connectivity index (χ0n) is 57.0. The normalized spacial score (nSPS) is 13.8. The third-order valence-electron chi connectivity index (χ3n) is 14.1. The van der Waals surface area contributed by atoms with E-state index in [-0.39, 0.29) is 25.2 Å². The van der Waals surface area contributed by atoms with Crippen molar-refractivity contribution in [2.75, 3.05) is 13.2 Å². The van der Waals surface area contributed by atoms with Gasteiger partial charge in [0.1, 0.15) is 6.61 Å². The second-order valence-electron chi connectivity index (χ2n) is 22.5. The minimum Gasteiger partial charge on any atom is -0.462 e. The lowest BCUT2D eigenvalue weighted by Crippen LogP contribution is -2.28. The number of esters is 2. The summed E-state index contributed by atoms with van der Waals surface area (Å²) in [6.07, 6.45) is 127. The van der Waals surface area contributed by atoms with Crippen molar-refractivity contribution >= 4 is 11.9 Å². The van der Waals surface area contributed by atoms with Crippen LogP contribution in [0.25, 0.3) is 0 Å². The van der Waals surface area contributed by atoms with Crippen LogP contribution in [0.3, 0.4) is 0 Å². The van der Waals surface area contributed by atoms with Gasteiger partial charge in [-0.15, -0.1) is 0 Å². The Balaban J connectivity index is 3.66. The van der Waals surface area contributed by atoms with E-state index in [9.17, 15) is 14.7 Å². The van der Waals surface area contributed by atoms with E-state index in [1.807, 2.05) is 0 Å². The molecule has 0 aromatic carbocycles. The van der Waals surface area contributed by atoms with Crippen molar-refractivity contribution in [2.45, 2.75) is 264 Å². The van der Waals surface area contributed by atoms with Crippen molar-refractivity contribution in [1.29, 1.82) is 0 Å². The molecule has 0 aliphatic carbocycles. The standard InChI is InChI=1S/C85H128O5/c1-3-5-7-9-11-13-15-17-19-21-23-25-27-29-31-33-35-37-39-41-42-44-46-48-50-52-54-56-58-60-62-64-66-68-70-72-74-76-78-80-85(88)90-83(81-86)82-89-84(87)79-77-75-73-71-69-67-65-63-61-59-57-55-53-51-49-47-45-43-40-38-36-34-32-30-28-26-24-22-20-18-16-14-12-10-8-6-4-2/h5-8,11-14,17-20,23-26,29-32,35-38,41-43,45-46,48-49,51-52,54-55,57-58,60-61,63,83,86H,3-4,9-10,15-16,21-22,27-28,33-34,39-40,44,47,50,53,56,59,62,64-82H2,1-2H3/b7-5-,8-6-,13-11-,14-12-,19-17-,20-18-,25-23-,26-24-,31-29-,32-30-,37-35-,38-36-,42-41-,45-43-,48-46-,51-49-,54-52-,57-55-,60-58-,63-61-. The van der Waals surface area contributed by atoms with Gasteiger partial charge in [-0.2, -0.15) is 0 Å². The van der Waals surface area contributed by atoms with Gasteiger partial charge in [-0.1, -0.05) is 321 Å². The van der Waals surface area contributed by atoms with Crippen LogP contribution in [0.5, 0.6) is 0 Å². The van der Waals surface area contributed by atoms with Gasteiger partial charge in [0, 0.05) is 12.8 Å². The van der Waals surface area contributed by atoms with Gasteiger partial charge in [-0.25, -0.2) is 0 Å². The number of unbranched alkanes of at least 4 members (excludes halogenated alkanes) is 14. The van der Waals surface area contributed by atoms with Gasteiger partial charge in [0.05, 0.1) is 6.61 Å². The third-order valence-corrected chi connectivity index (χ3v) is 14.1. The molecule has 0 amide bonds. The number of aliphatic hydroxyl groups is 1. The van der Waals surface area contributed by atoms with E-state index in [0.717, 1.165) is 180 Å². The number of rotatable bonds is 62. The van der Waals surface area contributed by atoms with E-state index < -0.39 is 6.10 Å². The molecule has 0 saturated heterocycles. The average molecular weight is 1230 g/mol. The maximum atomic E-state index is 12.4. The number of carbonyl (C=O) groups is 2. The fourth-order valence-electron chi connectivity index (χ4n) is 8.91. The molecule has 0 aromatic heterocycles. The third kappa shape index (κ3) is 74.2. The molecule has 0 fully saturated rings. The minimum atomic E-state index is -0.804. The first-order valence-corrected chi connectivity index (χ1v) is 35.6. The van der Waals surface area contributed by atoms with Gasteiger partial charge in [-0.3, -0.25) is 9.59 Å². The Morgan fingerprint density at radius 1 is 0.256 bits per heavy atom. The molecule has 1 atom stereocenters. The Kier molecular flexibility index (Phi) is 71.6. The molecular formula is C85H128O5. The molecule has 0 aromatic rings. The Labute approximate surface area is 553 Å². The average Bonchev–Trinajstić information content (AvgIpc) is 3.59. The highest BCUT2D eigenvalue weighted by molar-refractivity contribution is 5.70. The lowest BCUT2D eigenvalue weighted by molar-refractivity contribution is -0.161. The second-order valence-corrected chi connectivity index (χ2v) is 22.5. The van der Waals surface area contributed by atoms with Gasteiger partial charge in [0.25, 0.3) is 0 Å². The number of hydrogen-bond acceptors (Lipinski definition) is 5. The summed E-state index contributed by atoms with van der Waals surface area (Å²) in [6, 6.07) is 0. The van der Waals surface area contributed by atoms with Crippen LogP contribution in [-0.2, 0) is 19.1 Å². The van der Waals surface area contributed by atoms with Gasteiger partial charge in [-0.05, 0) is 167 Å². The molecule has 1 unspecified atom stereocenters. The molecule has 0 radical (unpaired) electrons. The van der Waals surface area contributed by atoms with Crippen LogP contribution >= 0.6 is 0 Å². The zero-order valence-corrected chi connectivity index (χ0v) is 57.0. The highest BCUT2D eigenvalue weighted by atomic mass is 16.6. The molecule has 498 valence electrons. The van der Waals surface area contributed by atoms with Crippen LogP contribution in [0.15, 0.2) is 243 Å². The Hall–Kier alpha value is -6.30. The van der Waals surface area contributed by atoms with Crippen LogP contribution in [0.2, 0.25) is 0 Å². The molecule has 1 N–H and O–H groups in total. The molecule has 90 heavy (non-hydrogen) atoms. The van der Waals surface area contributed by atoms with Crippen molar-refractivity contribution in [3.05, 3.63) is 243 Å². The van der Waals surface area contributed by atoms with Gasteiger partial charge < -0.3 is 14.6 Å². The number of hydrogen-bond donors (Lipinski definition) is 1. The molecule has 0 rings (SSSR count). The minimum absolute atomic E-state index is 0.0932. The highest BCUT2D eigenvalue weighted by Gasteiger charge is 2.16. The van der Waals surface area contributed by atoms with Gasteiger partial charge >= 0.3 is 11.9 Å². The molecule has 0 aliphatic heterocycles. The summed E-state index contributed by atoms with van der Waals surface area (Å²) in [5.74, 6) is -0.634. The first kappa shape index (κ1) is 83.7. The van der Waals surface area contributed by atoms with E-state index in [1.165, 1.54) is 51.4 Å². The molecule has 0 bridgehead atoms. The van der Waals surface area contributed by atoms with Gasteiger partial charge in [0.15, 0.2) is 6.10 Å². The first-order chi connectivity index (χ1) is 44.6. The Bertz CT molecular complexity index is 2230. The molecule has 0 saturated carbocycles. The molecule has 0 heterocycles. The number of aliphatic hydroxyl groups excluding tert-OH is 1. The summed E-state index contributed by atoms with van der Waals surface area (Å²) in [7, 11) is 0. The van der Waals surface area contributed by atoms with Gasteiger partial charge in [0.2, 0.25) is 0 Å². The highest BCUT2D eigenvalue weighted by Crippen LogP contribution is 2.14. The Morgan fingerprint density at radius 2 is 0.444 bits per heavy atom. The fourth-order valence-corrected chi connectivity index (χ4v) is 8.91. The number of allylic oxidation sites excluding steroid dienone is 40. The maximum absolute atomic E-state index is 12.4. The van der Waals surface area contributed by atoms with Crippen molar-refractivity contribution in [3.63, 3.8) is 0 Å². The van der Waals surface area contributed by atoms with Crippen LogP contribution in [0.1, 0.15) is 258 Å². The largest absolute Gasteiger partial charge is 0.462 e. The zero-order chi connectivity index (χ0) is 64.7. The number of carbonyl (C=O) groups excluding carboxylic acids is 2. The molecule has 5 heteroatoms. The molecular weight excluding hydrogens is 1100 g/mol. The Morgan fingerprint density at radius 3 is 0.667 bits per heavy atom. The van der Waals surface area contributed by atoms with Crippen molar-refractivity contribution in [3.8, 4) is 0 Å². The summed E-state index contributed by atoms with van der Waals surface area (Å²) < 4.78 is 10.7. The van der Waals surface area contributed by atoms with Crippen molar-refractivity contribution < 1.29 is 24.2 Å². The summed E-state index contributed by atoms with van der Waals surface area (Å²) in [4.78, 5) is 24.7. The smallest absolute Gasteiger partial charge is 0.306 e. The monoisotopic (exact) mass is 1230 g/mol. The van der Waals surface area contributed by atoms with Crippen molar-refractivity contribution in [2.24, 2.45) is 0 Å². The van der Waals surface area contributed by atoms with E-state index >= 15 is 0 Å². The quantitative estimate of drug-likeness (QED) is 0.0373. The molecule has 0 aliphatic rings. The predicted octanol–water partition coefficient (Wildman–Crippen LogP) is 25.4. The predicted molar refractivity (Wildman–Crippen MR) is 398 cm³/mol. The molecule has 0 spiro atoms. The molecule has 5 nitrogen and oxygen atoms in total. The van der Waals surface area contributed by atoms with E-state index in [0.29, 0.717) is 12.8 Å². The van der Waals surface area contributed by atoms with Crippen LogP contribution in [-0.4, -0.2) is 36.4 Å². The van der Waals surface area contributed by atoms with Crippen LogP contribution < -0.4 is 0 Å². The van der Waals surface area contributed by atoms with Crippen LogP contribution in [0.4, 0.5) is 0 Å². The lowest BCUT2D eigenvalue weighted by Gasteiger charge is -2.15. The number of ether oxygens (including phenoxy) is 2. The first-order valence-electron chi connectivity index (χ1n) is 35.6. The summed E-state index contributed by atoms with van der Waals surface area (Å²) >= 11 is 0. The summed E-state index contributed by atoms with van der Waals surface area (Å²) in [5, 5.41) is 9.71. The van der Waals surface area contributed by atoms with E-state index in [4.69, 9.17) is 9.47 Å². The van der Waals surface area contributed by atoms with E-state index in [2.05, 4.69) is 257 Å². The summed E-state index contributed by atoms with van der Waals surface area (Å²) in [6.45, 7) is 3.88. The topological polar surface area (TPSA) is 72.8 Å². The van der Waals surface area contributed by atoms with Crippen LogP contribution in [0, 0.1) is 0 Å². The maximum Gasteiger partial charge on any atom is 0.306 e.